The van der Waals surface area contributed by atoms with Gasteiger partial charge in [-0.25, -0.2) is 0 Å². The van der Waals surface area contributed by atoms with Crippen LogP contribution in [0.25, 0.3) is 0 Å². The monoisotopic (exact) mass is 217 g/mol. The van der Waals surface area contributed by atoms with E-state index in [0.717, 1.165) is 0 Å². The molecule has 0 aromatic heterocycles. The molecule has 1 aromatic rings. The second-order valence-corrected chi connectivity index (χ2v) is 2.62. The summed E-state index contributed by atoms with van der Waals surface area (Å²) in [7, 11) is 0. The van der Waals surface area contributed by atoms with E-state index in [9.17, 15) is 0 Å². The van der Waals surface area contributed by atoms with Crippen LogP contribution in [0.1, 0.15) is 5.56 Å². The van der Waals surface area contributed by atoms with E-state index >= 15 is 0 Å². The Bertz CT molecular complexity index is 453. The predicted octanol–water partition coefficient (Wildman–Crippen LogP) is 3.03. The van der Waals surface area contributed by atoms with Crippen LogP contribution in [0.3, 0.4) is 0 Å². The maximum Gasteiger partial charge on any atom is 0.0993 e. The molecule has 0 spiro atoms. The van der Waals surface area contributed by atoms with Gasteiger partial charge in [-0.15, -0.1) is 0 Å². The van der Waals surface area contributed by atoms with E-state index in [0.29, 0.717) is 16.9 Å². The van der Waals surface area contributed by atoms with Crippen LogP contribution in [0.5, 0.6) is 0 Å². The zero-order chi connectivity index (χ0) is 10.4. The maximum absolute atomic E-state index is 8.70. The Morgan fingerprint density at radius 2 is 1.50 bits per heavy atom. The van der Waals surface area contributed by atoms with E-state index in [1.807, 2.05) is 6.07 Å². The molecule has 0 aliphatic rings. The fourth-order valence-corrected chi connectivity index (χ4v) is 1.11. The molecule has 1 aromatic carbocycles. The summed E-state index contributed by atoms with van der Waals surface area (Å²) in [5, 5.41) is 13.1. The molecule has 0 unspecified atom stereocenters. The molecule has 0 bridgehead atoms. The van der Waals surface area contributed by atoms with Crippen LogP contribution >= 0.6 is 24.4 Å². The molecule has 0 amide bonds. The summed E-state index contributed by atoms with van der Waals surface area (Å²) in [6.07, 6.45) is 0. The Balaban J connectivity index is 3.34. The van der Waals surface area contributed by atoms with Crippen molar-refractivity contribution in [1.29, 1.82) is 5.26 Å². The van der Waals surface area contributed by atoms with E-state index in [2.05, 4.69) is 44.7 Å². The minimum absolute atomic E-state index is 0.445. The summed E-state index contributed by atoms with van der Waals surface area (Å²) in [6.45, 7) is 0. The third-order valence-electron chi connectivity index (χ3n) is 1.38. The molecule has 0 radical (unpaired) electrons. The minimum atomic E-state index is 0.445. The fraction of sp³-hybridized carbons (Fsp3) is 0. The summed E-state index contributed by atoms with van der Waals surface area (Å²) >= 11 is 8.91. The molecular formula is C9H3N3S2. The van der Waals surface area contributed by atoms with Crippen molar-refractivity contribution in [2.45, 2.75) is 0 Å². The van der Waals surface area contributed by atoms with E-state index in [1.54, 1.807) is 18.2 Å². The van der Waals surface area contributed by atoms with Crippen LogP contribution in [0, 0.1) is 11.3 Å². The van der Waals surface area contributed by atoms with Gasteiger partial charge in [0.2, 0.25) is 0 Å². The molecule has 0 fully saturated rings. The maximum atomic E-state index is 8.70. The minimum Gasteiger partial charge on any atom is -0.195 e. The van der Waals surface area contributed by atoms with Gasteiger partial charge in [0.1, 0.15) is 0 Å². The van der Waals surface area contributed by atoms with Crippen molar-refractivity contribution in [2.24, 2.45) is 9.98 Å². The average Bonchev–Trinajstić information content (AvgIpc) is 2.18. The standard InChI is InChI=1S/C9H3N3S2/c10-4-7-1-8(11-5-13)3-9(2-7)12-6-14/h1-3H. The summed E-state index contributed by atoms with van der Waals surface area (Å²) in [6, 6.07) is 6.79. The lowest BCUT2D eigenvalue weighted by atomic mass is 10.2. The van der Waals surface area contributed by atoms with Crippen LogP contribution in [-0.2, 0) is 0 Å². The largest absolute Gasteiger partial charge is 0.195 e. The van der Waals surface area contributed by atoms with Crippen LogP contribution in [0.4, 0.5) is 11.4 Å². The van der Waals surface area contributed by atoms with Crippen LogP contribution < -0.4 is 0 Å². The fourth-order valence-electron chi connectivity index (χ4n) is 0.894. The molecule has 0 saturated heterocycles. The van der Waals surface area contributed by atoms with E-state index in [1.165, 1.54) is 0 Å². The number of aliphatic imine (C=N–C) groups is 2. The van der Waals surface area contributed by atoms with E-state index < -0.39 is 0 Å². The van der Waals surface area contributed by atoms with E-state index in [4.69, 9.17) is 5.26 Å². The zero-order valence-electron chi connectivity index (χ0n) is 6.89. The number of hydrogen-bond acceptors (Lipinski definition) is 5. The highest BCUT2D eigenvalue weighted by Crippen LogP contribution is 2.22. The number of benzene rings is 1. The highest BCUT2D eigenvalue weighted by molar-refractivity contribution is 7.78. The van der Waals surface area contributed by atoms with Crippen molar-refractivity contribution in [3.8, 4) is 6.07 Å². The number of nitrogens with zero attached hydrogens (tertiary/aromatic N) is 3. The molecule has 1 rings (SSSR count). The lowest BCUT2D eigenvalue weighted by Crippen LogP contribution is -1.73. The van der Waals surface area contributed by atoms with Gasteiger partial charge >= 0.3 is 0 Å². The van der Waals surface area contributed by atoms with Crippen molar-refractivity contribution in [1.82, 2.24) is 0 Å². The SMILES string of the molecule is N#Cc1cc(N=C=S)cc(N=C=S)c1. The summed E-state index contributed by atoms with van der Waals surface area (Å²) in [5.74, 6) is 0. The first-order chi connectivity index (χ1) is 6.80. The Morgan fingerprint density at radius 1 is 1.00 bits per heavy atom. The number of rotatable bonds is 2. The highest BCUT2D eigenvalue weighted by atomic mass is 32.1. The van der Waals surface area contributed by atoms with E-state index in [-0.39, 0.29) is 0 Å². The Labute approximate surface area is 91.4 Å². The summed E-state index contributed by atoms with van der Waals surface area (Å²) < 4.78 is 0. The van der Waals surface area contributed by atoms with Crippen molar-refractivity contribution in [3.63, 3.8) is 0 Å². The molecular weight excluding hydrogens is 214 g/mol. The van der Waals surface area contributed by atoms with Gasteiger partial charge in [-0.05, 0) is 42.6 Å². The van der Waals surface area contributed by atoms with Gasteiger partial charge in [-0.1, -0.05) is 0 Å². The zero-order valence-corrected chi connectivity index (χ0v) is 8.52. The molecule has 0 aliphatic carbocycles. The van der Waals surface area contributed by atoms with Gasteiger partial charge in [0.05, 0.1) is 33.3 Å². The van der Waals surface area contributed by atoms with Crippen LogP contribution in [-0.4, -0.2) is 10.3 Å². The number of nitriles is 1. The Hall–Kier alpha value is -1.69. The number of hydrogen-bond donors (Lipinski definition) is 0. The molecule has 0 N–H and O–H groups in total. The first-order valence-corrected chi connectivity index (χ1v) is 4.32. The molecule has 3 nitrogen and oxygen atoms in total. The van der Waals surface area contributed by atoms with Gasteiger partial charge in [-0.2, -0.15) is 15.2 Å². The third-order valence-corrected chi connectivity index (χ3v) is 1.56. The predicted molar refractivity (Wildman–Crippen MR) is 60.5 cm³/mol. The van der Waals surface area contributed by atoms with Crippen molar-refractivity contribution in [2.75, 3.05) is 0 Å². The Morgan fingerprint density at radius 3 is 1.86 bits per heavy atom. The number of thiocarbonyl (C=S) groups is 2. The molecule has 0 heterocycles. The topological polar surface area (TPSA) is 48.5 Å². The van der Waals surface area contributed by atoms with Gasteiger partial charge in [0.15, 0.2) is 0 Å². The lowest BCUT2D eigenvalue weighted by Gasteiger charge is -1.95. The van der Waals surface area contributed by atoms with Gasteiger partial charge in [0, 0.05) is 0 Å². The molecule has 0 atom stereocenters. The van der Waals surface area contributed by atoms with Gasteiger partial charge < -0.3 is 0 Å². The molecule has 5 heteroatoms. The quantitative estimate of drug-likeness (QED) is 0.565. The number of isothiocyanates is 2. The Kier molecular flexibility index (Phi) is 3.81. The third kappa shape index (κ3) is 2.67. The highest BCUT2D eigenvalue weighted by Gasteiger charge is 1.98. The lowest BCUT2D eigenvalue weighted by molar-refractivity contribution is 1.44. The van der Waals surface area contributed by atoms with Gasteiger partial charge in [-0.3, -0.25) is 0 Å². The molecule has 14 heavy (non-hydrogen) atoms. The van der Waals surface area contributed by atoms with Crippen molar-refractivity contribution in [3.05, 3.63) is 23.8 Å². The normalized spacial score (nSPS) is 7.93. The molecule has 0 saturated carbocycles. The van der Waals surface area contributed by atoms with Crippen LogP contribution in [0.2, 0.25) is 0 Å². The molecule has 66 valence electrons. The smallest absolute Gasteiger partial charge is 0.0993 e. The second-order valence-electron chi connectivity index (χ2n) is 2.26. The first-order valence-electron chi connectivity index (χ1n) is 3.51. The second kappa shape index (κ2) is 5.13. The first kappa shape index (κ1) is 10.4. The molecule has 0 aliphatic heterocycles. The van der Waals surface area contributed by atoms with Crippen molar-refractivity contribution >= 4 is 46.1 Å². The summed E-state index contributed by atoms with van der Waals surface area (Å²) in [4.78, 5) is 7.50. The van der Waals surface area contributed by atoms with Crippen LogP contribution in [0.15, 0.2) is 28.2 Å². The van der Waals surface area contributed by atoms with Crippen molar-refractivity contribution < 1.29 is 0 Å². The van der Waals surface area contributed by atoms with Gasteiger partial charge in [0.25, 0.3) is 0 Å². The average molecular weight is 217 g/mol. The summed E-state index contributed by atoms with van der Waals surface area (Å²) in [5.41, 5.74) is 1.51.